The molecule has 3 heterocycles. The van der Waals surface area contributed by atoms with Crippen LogP contribution in [-0.2, 0) is 16.6 Å². The van der Waals surface area contributed by atoms with Gasteiger partial charge in [0.1, 0.15) is 11.4 Å². The van der Waals surface area contributed by atoms with Crippen molar-refractivity contribution in [2.45, 2.75) is 13.1 Å². The summed E-state index contributed by atoms with van der Waals surface area (Å²) in [6.45, 7) is 4.20. The summed E-state index contributed by atoms with van der Waals surface area (Å²) in [7, 11) is 1.68. The van der Waals surface area contributed by atoms with Crippen LogP contribution in [0.5, 0.6) is 0 Å². The second-order valence-electron chi connectivity index (χ2n) is 8.04. The second kappa shape index (κ2) is 9.26. The summed E-state index contributed by atoms with van der Waals surface area (Å²) in [5, 5.41) is 2.64. The minimum absolute atomic E-state index is 0.120. The Morgan fingerprint density at radius 1 is 1.18 bits per heavy atom. The largest absolute Gasteiger partial charge is 0.432 e. The maximum absolute atomic E-state index is 13.0. The molecule has 1 aromatic carbocycles. The van der Waals surface area contributed by atoms with Gasteiger partial charge >= 0.3 is 6.18 Å². The molecule has 0 atom stereocenters. The fraction of sp³-hybridized carbons (Fsp3) is 0.304. The van der Waals surface area contributed by atoms with Gasteiger partial charge in [-0.05, 0) is 42.3 Å². The number of hydrogen-bond acceptors (Lipinski definition) is 6. The first-order chi connectivity index (χ1) is 16.1. The van der Waals surface area contributed by atoms with Crippen LogP contribution in [0.1, 0.15) is 5.56 Å². The number of alkyl halides is 3. The summed E-state index contributed by atoms with van der Waals surface area (Å²) >= 11 is 0. The van der Waals surface area contributed by atoms with E-state index in [0.29, 0.717) is 37.7 Å². The summed E-state index contributed by atoms with van der Waals surface area (Å²) in [5.74, 6) is -0.694. The molecule has 1 fully saturated rings. The molecule has 3 N–H and O–H groups in total. The van der Waals surface area contributed by atoms with E-state index in [2.05, 4.69) is 10.7 Å². The first-order valence-corrected chi connectivity index (χ1v) is 10.6. The van der Waals surface area contributed by atoms with E-state index in [-0.39, 0.29) is 11.1 Å². The van der Waals surface area contributed by atoms with Crippen molar-refractivity contribution in [2.24, 2.45) is 7.05 Å². The zero-order valence-corrected chi connectivity index (χ0v) is 18.6. The molecular formula is C23H24F3N5O3. The topological polar surface area (TPSA) is 87.6 Å². The third kappa shape index (κ3) is 4.93. The van der Waals surface area contributed by atoms with Gasteiger partial charge in [0.05, 0.1) is 18.8 Å². The van der Waals surface area contributed by atoms with E-state index in [1.165, 1.54) is 4.57 Å². The Hall–Kier alpha value is -3.73. The number of anilines is 2. The number of allylic oxidation sites excluding steroid dienone is 1. The molecule has 0 unspecified atom stereocenters. The van der Waals surface area contributed by atoms with E-state index >= 15 is 0 Å². The van der Waals surface area contributed by atoms with Crippen molar-refractivity contribution in [3.8, 4) is 11.1 Å². The van der Waals surface area contributed by atoms with Gasteiger partial charge in [-0.3, -0.25) is 15.0 Å². The molecule has 2 aliphatic heterocycles. The number of hydrogen-bond donors (Lipinski definition) is 3. The number of aromatic nitrogens is 1. The Labute approximate surface area is 193 Å². The molecule has 11 heteroatoms. The summed E-state index contributed by atoms with van der Waals surface area (Å²) < 4.78 is 45.8. The van der Waals surface area contributed by atoms with Gasteiger partial charge in [-0.15, -0.1) is 0 Å². The Balaban J connectivity index is 1.63. The predicted octanol–water partition coefficient (Wildman–Crippen LogP) is 2.57. The number of amides is 1. The average molecular weight is 475 g/mol. The van der Waals surface area contributed by atoms with Crippen molar-refractivity contribution in [2.75, 3.05) is 36.5 Å². The zero-order chi connectivity index (χ0) is 24.5. The molecular weight excluding hydrogens is 451 g/mol. The van der Waals surface area contributed by atoms with Crippen LogP contribution in [0.3, 0.4) is 0 Å². The number of nitrogens with zero attached hydrogens (tertiary/aromatic N) is 2. The predicted molar refractivity (Wildman–Crippen MR) is 122 cm³/mol. The van der Waals surface area contributed by atoms with Crippen LogP contribution in [-0.4, -0.2) is 43.0 Å². The third-order valence-corrected chi connectivity index (χ3v) is 5.62. The van der Waals surface area contributed by atoms with Gasteiger partial charge in [0.25, 0.3) is 11.5 Å². The van der Waals surface area contributed by atoms with Crippen molar-refractivity contribution in [1.29, 1.82) is 0 Å². The van der Waals surface area contributed by atoms with Crippen molar-refractivity contribution >= 4 is 17.3 Å². The first kappa shape index (κ1) is 23.4. The first-order valence-electron chi connectivity index (χ1n) is 10.6. The molecule has 0 radical (unpaired) electrons. The maximum Gasteiger partial charge on any atom is 0.432 e. The lowest BCUT2D eigenvalue weighted by molar-refractivity contribution is -0.112. The number of benzene rings is 1. The molecule has 1 aromatic heterocycles. The molecule has 0 bridgehead atoms. The van der Waals surface area contributed by atoms with Crippen LogP contribution in [0.15, 0.2) is 58.8 Å². The highest BCUT2D eigenvalue weighted by Crippen LogP contribution is 2.29. The zero-order valence-electron chi connectivity index (χ0n) is 18.6. The van der Waals surface area contributed by atoms with Gasteiger partial charge in [0, 0.05) is 43.8 Å². The minimum Gasteiger partial charge on any atom is -0.378 e. The lowest BCUT2D eigenvalue weighted by Gasteiger charge is -2.29. The van der Waals surface area contributed by atoms with E-state index in [0.717, 1.165) is 29.0 Å². The fourth-order valence-corrected chi connectivity index (χ4v) is 3.79. The lowest BCUT2D eigenvalue weighted by Crippen LogP contribution is -2.40. The second-order valence-corrected chi connectivity index (χ2v) is 8.04. The van der Waals surface area contributed by atoms with E-state index in [1.54, 1.807) is 31.4 Å². The smallest absolute Gasteiger partial charge is 0.378 e. The number of aryl methyl sites for hydroxylation is 2. The molecule has 1 amide bonds. The van der Waals surface area contributed by atoms with E-state index in [9.17, 15) is 22.8 Å². The highest BCUT2D eigenvalue weighted by atomic mass is 19.4. The number of halogens is 3. The average Bonchev–Trinajstić information content (AvgIpc) is 2.82. The number of hydrazine groups is 1. The summed E-state index contributed by atoms with van der Waals surface area (Å²) in [5.41, 5.74) is 6.31. The number of ether oxygens (including phenoxy) is 1. The number of pyridine rings is 1. The standard InChI is InChI=1S/C23H24F3N5O3/c1-14-3-4-17(28-21(32)15-10-20(23(24,25)26)29-27-12-15)11-18(14)16-9-19(22(33)30(2)13-16)31-5-7-34-8-6-31/h3-4,9-13,27,29H,5-8H2,1-2H3,(H,28,32). The lowest BCUT2D eigenvalue weighted by atomic mass is 10.0. The number of rotatable bonds is 4. The van der Waals surface area contributed by atoms with Crippen LogP contribution in [0.2, 0.25) is 0 Å². The number of nitrogens with one attached hydrogen (secondary N) is 3. The third-order valence-electron chi connectivity index (χ3n) is 5.62. The van der Waals surface area contributed by atoms with E-state index in [4.69, 9.17) is 4.74 Å². The van der Waals surface area contributed by atoms with Crippen LogP contribution >= 0.6 is 0 Å². The molecule has 4 rings (SSSR count). The maximum atomic E-state index is 13.0. The van der Waals surface area contributed by atoms with Gasteiger partial charge in [-0.2, -0.15) is 13.2 Å². The van der Waals surface area contributed by atoms with Gasteiger partial charge in [0.15, 0.2) is 0 Å². The minimum atomic E-state index is -4.62. The number of carbonyl (C=O) groups is 1. The highest BCUT2D eigenvalue weighted by molar-refractivity contribution is 6.06. The molecule has 0 spiro atoms. The number of morpholine rings is 1. The summed E-state index contributed by atoms with van der Waals surface area (Å²) in [4.78, 5) is 27.3. The SMILES string of the molecule is Cc1ccc(NC(=O)C2=CNNC(C(F)(F)F)=C2)cc1-c1cc(N2CCOCC2)c(=O)n(C)c1. The molecule has 1 saturated heterocycles. The fourth-order valence-electron chi connectivity index (χ4n) is 3.79. The Morgan fingerprint density at radius 3 is 2.62 bits per heavy atom. The van der Waals surface area contributed by atoms with Crippen molar-refractivity contribution < 1.29 is 22.7 Å². The molecule has 0 saturated carbocycles. The summed E-state index contributed by atoms with van der Waals surface area (Å²) in [6.07, 6.45) is -1.01. The molecule has 34 heavy (non-hydrogen) atoms. The van der Waals surface area contributed by atoms with Gasteiger partial charge in [0.2, 0.25) is 0 Å². The van der Waals surface area contributed by atoms with Crippen LogP contribution < -0.4 is 26.6 Å². The number of carbonyl (C=O) groups excluding carboxylic acids is 1. The van der Waals surface area contributed by atoms with Gasteiger partial charge in [-0.25, -0.2) is 0 Å². The van der Waals surface area contributed by atoms with Crippen molar-refractivity contribution in [3.63, 3.8) is 0 Å². The van der Waals surface area contributed by atoms with Crippen LogP contribution in [0.4, 0.5) is 24.5 Å². The quantitative estimate of drug-likeness (QED) is 0.630. The summed E-state index contributed by atoms with van der Waals surface area (Å²) in [6, 6.07) is 7.03. The highest BCUT2D eigenvalue weighted by Gasteiger charge is 2.35. The molecule has 2 aromatic rings. The van der Waals surface area contributed by atoms with Crippen molar-refractivity contribution in [3.05, 3.63) is 69.9 Å². The van der Waals surface area contributed by atoms with Gasteiger partial charge in [-0.1, -0.05) is 6.07 Å². The van der Waals surface area contributed by atoms with E-state index in [1.807, 2.05) is 23.3 Å². The van der Waals surface area contributed by atoms with Crippen molar-refractivity contribution in [1.82, 2.24) is 15.4 Å². The van der Waals surface area contributed by atoms with Crippen LogP contribution in [0.25, 0.3) is 11.1 Å². The normalized spacial score (nSPS) is 16.2. The Morgan fingerprint density at radius 2 is 1.91 bits per heavy atom. The molecule has 0 aliphatic carbocycles. The Kier molecular flexibility index (Phi) is 6.38. The monoisotopic (exact) mass is 475 g/mol. The Bertz CT molecular complexity index is 1230. The molecule has 8 nitrogen and oxygen atoms in total. The van der Waals surface area contributed by atoms with Gasteiger partial charge < -0.3 is 24.9 Å². The molecule has 2 aliphatic rings. The van der Waals surface area contributed by atoms with Crippen LogP contribution in [0, 0.1) is 6.92 Å². The molecule has 180 valence electrons. The van der Waals surface area contributed by atoms with E-state index < -0.39 is 17.8 Å².